The van der Waals surface area contributed by atoms with Gasteiger partial charge < -0.3 is 24.6 Å². The minimum Gasteiger partial charge on any atom is -0.507 e. The minimum atomic E-state index is -2.52. The fourth-order valence-electron chi connectivity index (χ4n) is 3.18. The number of benzene rings is 2. The summed E-state index contributed by atoms with van der Waals surface area (Å²) in [7, 11) is -2.52. The molecule has 0 spiro atoms. The van der Waals surface area contributed by atoms with Gasteiger partial charge in [-0.3, -0.25) is 0 Å². The zero-order valence-electron chi connectivity index (χ0n) is 16.2. The van der Waals surface area contributed by atoms with Gasteiger partial charge in [-0.15, -0.1) is 0 Å². The van der Waals surface area contributed by atoms with Crippen molar-refractivity contribution in [1.29, 1.82) is 0 Å². The van der Waals surface area contributed by atoms with E-state index in [9.17, 15) is 13.7 Å². The van der Waals surface area contributed by atoms with Crippen LogP contribution in [-0.4, -0.2) is 50.7 Å². The molecule has 2 unspecified atom stereocenters. The number of nitrogens with one attached hydrogen (secondary N) is 2. The lowest BCUT2D eigenvalue weighted by molar-refractivity contribution is 0.141. The molecule has 2 atom stereocenters. The molecule has 158 valence electrons. The van der Waals surface area contributed by atoms with E-state index in [0.717, 1.165) is 6.42 Å². The zero-order valence-corrected chi connectivity index (χ0v) is 17.0. The Bertz CT molecular complexity index is 1200. The number of anilines is 3. The second kappa shape index (κ2) is 7.96. The van der Waals surface area contributed by atoms with Gasteiger partial charge in [0.25, 0.3) is 0 Å². The van der Waals surface area contributed by atoms with Crippen LogP contribution in [-0.2, 0) is 14.4 Å². The van der Waals surface area contributed by atoms with Gasteiger partial charge in [0.1, 0.15) is 35.6 Å². The molecule has 0 amide bonds. The normalized spacial score (nSPS) is 18.1. The van der Waals surface area contributed by atoms with Crippen molar-refractivity contribution in [3.8, 4) is 11.5 Å². The van der Waals surface area contributed by atoms with Crippen molar-refractivity contribution in [1.82, 2.24) is 9.97 Å². The van der Waals surface area contributed by atoms with Crippen molar-refractivity contribution >= 4 is 43.7 Å². The molecule has 3 N–H and O–H groups in total. The molecule has 0 saturated carbocycles. The minimum absolute atomic E-state index is 0.115. The fourth-order valence-corrected chi connectivity index (χ4v) is 3.80. The van der Waals surface area contributed by atoms with Crippen LogP contribution in [0.25, 0.3) is 10.9 Å². The summed E-state index contributed by atoms with van der Waals surface area (Å²) in [6, 6.07) is 7.18. The SMILES string of the molecule is C=S(C)(=O)Nc1cc(O)c2c(Nc3ccc(F)cc3OC3CCOC3)ncnc2c1. The first-order valence-electron chi connectivity index (χ1n) is 9.17. The van der Waals surface area contributed by atoms with E-state index in [4.69, 9.17) is 9.47 Å². The average Bonchev–Trinajstić information content (AvgIpc) is 3.15. The lowest BCUT2D eigenvalue weighted by atomic mass is 10.2. The van der Waals surface area contributed by atoms with E-state index in [1.54, 1.807) is 6.07 Å². The smallest absolute Gasteiger partial charge is 0.146 e. The summed E-state index contributed by atoms with van der Waals surface area (Å²) >= 11 is 0. The Morgan fingerprint density at radius 2 is 2.17 bits per heavy atom. The van der Waals surface area contributed by atoms with Crippen molar-refractivity contribution < 1.29 is 23.2 Å². The first kappa shape index (κ1) is 20.2. The quantitative estimate of drug-likeness (QED) is 0.514. The van der Waals surface area contributed by atoms with Crippen LogP contribution >= 0.6 is 0 Å². The third-order valence-electron chi connectivity index (χ3n) is 4.43. The third kappa shape index (κ3) is 4.55. The van der Waals surface area contributed by atoms with Gasteiger partial charge in [-0.05, 0) is 24.1 Å². The number of hydrogen-bond donors (Lipinski definition) is 3. The van der Waals surface area contributed by atoms with Gasteiger partial charge in [-0.1, -0.05) is 0 Å². The summed E-state index contributed by atoms with van der Waals surface area (Å²) in [5, 5.41) is 14.0. The van der Waals surface area contributed by atoms with Gasteiger partial charge >= 0.3 is 0 Å². The number of hydrogen-bond acceptors (Lipinski definition) is 7. The van der Waals surface area contributed by atoms with Crippen LogP contribution in [0.2, 0.25) is 0 Å². The number of rotatable bonds is 6. The topological polar surface area (TPSA) is 106 Å². The van der Waals surface area contributed by atoms with Gasteiger partial charge in [0.05, 0.1) is 35.5 Å². The van der Waals surface area contributed by atoms with Gasteiger partial charge in [0.2, 0.25) is 0 Å². The summed E-state index contributed by atoms with van der Waals surface area (Å²) in [5.41, 5.74) is 1.32. The van der Waals surface area contributed by atoms with E-state index >= 15 is 0 Å². The number of ether oxygens (including phenoxy) is 2. The molecule has 1 aliphatic rings. The van der Waals surface area contributed by atoms with E-state index < -0.39 is 15.5 Å². The summed E-state index contributed by atoms with van der Waals surface area (Å²) in [4.78, 5) is 8.40. The van der Waals surface area contributed by atoms with Gasteiger partial charge in [0, 0.05) is 34.5 Å². The number of halogens is 1. The first-order valence-corrected chi connectivity index (χ1v) is 11.3. The fraction of sp³-hybridized carbons (Fsp3) is 0.250. The van der Waals surface area contributed by atoms with E-state index in [2.05, 4.69) is 25.9 Å². The van der Waals surface area contributed by atoms with Gasteiger partial charge in [-0.25, -0.2) is 18.6 Å². The molecule has 2 aromatic carbocycles. The molecule has 2 heterocycles. The van der Waals surface area contributed by atoms with Crippen molar-refractivity contribution in [3.63, 3.8) is 0 Å². The number of phenols is 1. The van der Waals surface area contributed by atoms with E-state index in [1.807, 2.05) is 0 Å². The predicted octanol–water partition coefficient (Wildman–Crippen LogP) is 3.06. The van der Waals surface area contributed by atoms with E-state index in [0.29, 0.717) is 47.1 Å². The Morgan fingerprint density at radius 1 is 1.33 bits per heavy atom. The number of aromatic hydroxyl groups is 1. The average molecular weight is 432 g/mol. The third-order valence-corrected chi connectivity index (χ3v) is 5.10. The Labute approximate surface area is 173 Å². The number of phenolic OH excluding ortho intramolecular Hbond substituents is 1. The highest BCUT2D eigenvalue weighted by Gasteiger charge is 2.20. The molecule has 8 nitrogen and oxygen atoms in total. The van der Waals surface area contributed by atoms with E-state index in [1.165, 1.54) is 36.8 Å². The zero-order chi connectivity index (χ0) is 21.3. The van der Waals surface area contributed by atoms with E-state index in [-0.39, 0.29) is 11.9 Å². The molecular weight excluding hydrogens is 411 g/mol. The number of nitrogens with zero attached hydrogens (tertiary/aromatic N) is 2. The molecule has 1 aliphatic heterocycles. The van der Waals surface area contributed by atoms with Crippen LogP contribution in [0.5, 0.6) is 11.5 Å². The second-order valence-electron chi connectivity index (χ2n) is 7.09. The molecule has 0 bridgehead atoms. The summed E-state index contributed by atoms with van der Waals surface area (Å²) < 4.78 is 39.7. The molecule has 1 fully saturated rings. The number of aromatic nitrogens is 2. The maximum atomic E-state index is 13.8. The Hall–Kier alpha value is -3.11. The van der Waals surface area contributed by atoms with Crippen LogP contribution in [0, 0.1) is 5.82 Å². The van der Waals surface area contributed by atoms with Crippen LogP contribution in [0.1, 0.15) is 6.42 Å². The Morgan fingerprint density at radius 3 is 2.90 bits per heavy atom. The standard InChI is InChI=1S/C20H21FN4O4S/c1-30(2,27)25-13-8-16-19(17(26)9-13)20(23-11-22-16)24-15-4-3-12(21)7-18(15)29-14-5-6-28-10-14/h3-4,7-9,11,14,26H,1,5-6,10H2,2H3,(H,25,27)(H,22,23,24). The molecule has 4 rings (SSSR count). The molecule has 0 radical (unpaired) electrons. The number of fused-ring (bicyclic) bond motifs is 1. The van der Waals surface area contributed by atoms with Gasteiger partial charge in [-0.2, -0.15) is 0 Å². The van der Waals surface area contributed by atoms with Crippen LogP contribution in [0.4, 0.5) is 21.6 Å². The maximum absolute atomic E-state index is 13.8. The molecule has 1 aromatic heterocycles. The second-order valence-corrected chi connectivity index (χ2v) is 9.30. The predicted molar refractivity (Wildman–Crippen MR) is 116 cm³/mol. The summed E-state index contributed by atoms with van der Waals surface area (Å²) in [5.74, 6) is 3.63. The molecule has 1 saturated heterocycles. The summed E-state index contributed by atoms with van der Waals surface area (Å²) in [6.45, 7) is 1.04. The van der Waals surface area contributed by atoms with Crippen molar-refractivity contribution in [3.05, 3.63) is 42.5 Å². The molecule has 3 aromatic rings. The van der Waals surface area contributed by atoms with Crippen molar-refractivity contribution in [2.75, 3.05) is 29.5 Å². The van der Waals surface area contributed by atoms with Crippen LogP contribution < -0.4 is 14.8 Å². The van der Waals surface area contributed by atoms with Crippen LogP contribution in [0.3, 0.4) is 0 Å². The molecule has 30 heavy (non-hydrogen) atoms. The highest BCUT2D eigenvalue weighted by atomic mass is 32.2. The highest BCUT2D eigenvalue weighted by Crippen LogP contribution is 2.36. The lowest BCUT2D eigenvalue weighted by Crippen LogP contribution is -2.16. The lowest BCUT2D eigenvalue weighted by Gasteiger charge is -2.17. The van der Waals surface area contributed by atoms with Crippen LogP contribution in [0.15, 0.2) is 36.7 Å². The maximum Gasteiger partial charge on any atom is 0.146 e. The highest BCUT2D eigenvalue weighted by molar-refractivity contribution is 8.00. The first-order chi connectivity index (χ1) is 14.3. The Kier molecular flexibility index (Phi) is 5.35. The van der Waals surface area contributed by atoms with Crippen molar-refractivity contribution in [2.45, 2.75) is 12.5 Å². The van der Waals surface area contributed by atoms with Crippen molar-refractivity contribution in [2.24, 2.45) is 0 Å². The monoisotopic (exact) mass is 432 g/mol. The molecular formula is C20H21FN4O4S. The Balaban J connectivity index is 1.70. The summed E-state index contributed by atoms with van der Waals surface area (Å²) in [6.07, 6.45) is 3.33. The molecule has 0 aliphatic carbocycles. The largest absolute Gasteiger partial charge is 0.507 e. The molecule has 10 heteroatoms. The van der Waals surface area contributed by atoms with Gasteiger partial charge in [0.15, 0.2) is 0 Å².